The van der Waals surface area contributed by atoms with Crippen molar-refractivity contribution in [3.05, 3.63) is 28.8 Å². The first-order valence-electron chi connectivity index (χ1n) is 6.35. The third kappa shape index (κ3) is 2.66. The Bertz CT molecular complexity index is 488. The van der Waals surface area contributed by atoms with E-state index in [0.717, 1.165) is 22.4 Å². The van der Waals surface area contributed by atoms with Gasteiger partial charge in [0.2, 0.25) is 0 Å². The molecule has 5 heteroatoms. The number of rotatable bonds is 4. The second-order valence-corrected chi connectivity index (χ2v) is 4.80. The van der Waals surface area contributed by atoms with Crippen molar-refractivity contribution in [3.63, 3.8) is 0 Å². The minimum absolute atomic E-state index is 0.188. The van der Waals surface area contributed by atoms with E-state index in [4.69, 9.17) is 15.2 Å². The summed E-state index contributed by atoms with van der Waals surface area (Å²) in [5.41, 5.74) is 8.87. The highest BCUT2D eigenvalue weighted by Crippen LogP contribution is 2.25. The van der Waals surface area contributed by atoms with E-state index in [1.165, 1.54) is 0 Å². The van der Waals surface area contributed by atoms with E-state index in [1.807, 2.05) is 26.0 Å². The molecule has 1 amide bonds. The van der Waals surface area contributed by atoms with E-state index in [9.17, 15) is 4.79 Å². The quantitative estimate of drug-likeness (QED) is 0.897. The molecule has 2 rings (SSSR count). The van der Waals surface area contributed by atoms with Crippen molar-refractivity contribution in [3.8, 4) is 5.75 Å². The Hall–Kier alpha value is -1.75. The summed E-state index contributed by atoms with van der Waals surface area (Å²) < 4.78 is 10.4. The predicted molar refractivity (Wildman–Crippen MR) is 72.2 cm³/mol. The van der Waals surface area contributed by atoms with Gasteiger partial charge in [-0.2, -0.15) is 0 Å². The zero-order chi connectivity index (χ0) is 14.0. The Labute approximate surface area is 113 Å². The van der Waals surface area contributed by atoms with Gasteiger partial charge >= 0.3 is 6.09 Å². The summed E-state index contributed by atoms with van der Waals surface area (Å²) in [5, 5.41) is 0. The number of cyclic esters (lactones) is 1. The number of carbonyl (C=O) groups excluding carboxylic acids is 1. The van der Waals surface area contributed by atoms with Gasteiger partial charge in [0.1, 0.15) is 11.9 Å². The van der Waals surface area contributed by atoms with Crippen molar-refractivity contribution in [2.75, 3.05) is 20.2 Å². The zero-order valence-corrected chi connectivity index (χ0v) is 11.6. The van der Waals surface area contributed by atoms with Crippen molar-refractivity contribution in [2.45, 2.75) is 26.5 Å². The first kappa shape index (κ1) is 13.7. The van der Waals surface area contributed by atoms with Crippen LogP contribution < -0.4 is 10.5 Å². The number of ether oxygens (including phenoxy) is 2. The summed E-state index contributed by atoms with van der Waals surface area (Å²) in [6, 6.07) is 3.92. The number of amides is 1. The summed E-state index contributed by atoms with van der Waals surface area (Å²) in [6.45, 7) is 5.52. The van der Waals surface area contributed by atoms with Crippen molar-refractivity contribution < 1.29 is 14.3 Å². The molecule has 1 fully saturated rings. The van der Waals surface area contributed by atoms with Crippen LogP contribution in [-0.4, -0.2) is 37.3 Å². The molecule has 0 spiro atoms. The number of hydrogen-bond acceptors (Lipinski definition) is 4. The Morgan fingerprint density at radius 3 is 2.74 bits per heavy atom. The Kier molecular flexibility index (Phi) is 3.95. The van der Waals surface area contributed by atoms with E-state index in [2.05, 4.69) is 0 Å². The second-order valence-electron chi connectivity index (χ2n) is 4.80. The van der Waals surface area contributed by atoms with Crippen LogP contribution >= 0.6 is 0 Å². The topological polar surface area (TPSA) is 64.8 Å². The molecule has 1 unspecified atom stereocenters. The van der Waals surface area contributed by atoms with Crippen LogP contribution in [0.2, 0.25) is 0 Å². The van der Waals surface area contributed by atoms with Gasteiger partial charge in [0.15, 0.2) is 0 Å². The Morgan fingerprint density at radius 2 is 2.16 bits per heavy atom. The molecule has 0 saturated carbocycles. The normalized spacial score (nSPS) is 18.6. The van der Waals surface area contributed by atoms with Crippen molar-refractivity contribution >= 4 is 6.09 Å². The second kappa shape index (κ2) is 5.48. The van der Waals surface area contributed by atoms with Gasteiger partial charge in [-0.25, -0.2) is 4.79 Å². The van der Waals surface area contributed by atoms with Crippen molar-refractivity contribution in [2.24, 2.45) is 5.73 Å². The number of nitrogens with zero attached hydrogens (tertiary/aromatic N) is 1. The molecule has 0 bridgehead atoms. The molecule has 104 valence electrons. The largest absolute Gasteiger partial charge is 0.496 e. The summed E-state index contributed by atoms with van der Waals surface area (Å²) in [5.74, 6) is 0.866. The molecule has 0 radical (unpaired) electrons. The van der Waals surface area contributed by atoms with E-state index in [0.29, 0.717) is 19.6 Å². The lowest BCUT2D eigenvalue weighted by atomic mass is 10.0. The summed E-state index contributed by atoms with van der Waals surface area (Å²) in [6.07, 6.45) is -0.476. The molecule has 19 heavy (non-hydrogen) atoms. The van der Waals surface area contributed by atoms with Gasteiger partial charge in [-0.1, -0.05) is 6.07 Å². The minimum atomic E-state index is -0.289. The smallest absolute Gasteiger partial charge is 0.410 e. The van der Waals surface area contributed by atoms with Crippen LogP contribution in [-0.2, 0) is 11.3 Å². The third-order valence-electron chi connectivity index (χ3n) is 3.64. The first-order chi connectivity index (χ1) is 9.06. The SMILES string of the molecule is COc1ccc(CN2CC(CN)OC2=O)c(C)c1C. The third-order valence-corrected chi connectivity index (χ3v) is 3.64. The highest BCUT2D eigenvalue weighted by molar-refractivity contribution is 5.70. The van der Waals surface area contributed by atoms with Gasteiger partial charge in [0.05, 0.1) is 13.7 Å². The fraction of sp³-hybridized carbons (Fsp3) is 0.500. The summed E-state index contributed by atoms with van der Waals surface area (Å²) in [4.78, 5) is 13.4. The maximum atomic E-state index is 11.7. The van der Waals surface area contributed by atoms with Crippen LogP contribution in [0.4, 0.5) is 4.79 Å². The molecule has 2 N–H and O–H groups in total. The fourth-order valence-corrected chi connectivity index (χ4v) is 2.28. The highest BCUT2D eigenvalue weighted by atomic mass is 16.6. The lowest BCUT2D eigenvalue weighted by Crippen LogP contribution is -2.27. The van der Waals surface area contributed by atoms with E-state index >= 15 is 0 Å². The van der Waals surface area contributed by atoms with E-state index in [-0.39, 0.29) is 12.2 Å². The van der Waals surface area contributed by atoms with E-state index < -0.39 is 0 Å². The van der Waals surface area contributed by atoms with Gasteiger partial charge < -0.3 is 20.1 Å². The molecule has 1 aliphatic rings. The van der Waals surface area contributed by atoms with Gasteiger partial charge in [-0.05, 0) is 36.6 Å². The standard InChI is InChI=1S/C14H20N2O3/c1-9-10(2)13(18-3)5-4-11(9)7-16-8-12(6-15)19-14(16)17/h4-5,12H,6-8,15H2,1-3H3. The Morgan fingerprint density at radius 1 is 1.42 bits per heavy atom. The van der Waals surface area contributed by atoms with Gasteiger partial charge in [-0.15, -0.1) is 0 Å². The number of benzene rings is 1. The molecule has 1 aromatic carbocycles. The maximum Gasteiger partial charge on any atom is 0.410 e. The molecule has 1 atom stereocenters. The summed E-state index contributed by atoms with van der Waals surface area (Å²) >= 11 is 0. The molecule has 0 aliphatic carbocycles. The molecule has 1 aliphatic heterocycles. The maximum absolute atomic E-state index is 11.7. The van der Waals surface area contributed by atoms with Crippen LogP contribution in [0.15, 0.2) is 12.1 Å². The minimum Gasteiger partial charge on any atom is -0.496 e. The van der Waals surface area contributed by atoms with Gasteiger partial charge in [-0.3, -0.25) is 0 Å². The molecule has 5 nitrogen and oxygen atoms in total. The van der Waals surface area contributed by atoms with Crippen LogP contribution in [0.3, 0.4) is 0 Å². The number of carbonyl (C=O) groups is 1. The van der Waals surface area contributed by atoms with Crippen LogP contribution in [0, 0.1) is 13.8 Å². The molecule has 1 saturated heterocycles. The molecule has 1 aromatic rings. The Balaban J connectivity index is 2.16. The van der Waals surface area contributed by atoms with Crippen LogP contribution in [0.25, 0.3) is 0 Å². The lowest BCUT2D eigenvalue weighted by Gasteiger charge is -2.17. The molecular weight excluding hydrogens is 244 g/mol. The first-order valence-corrected chi connectivity index (χ1v) is 6.35. The van der Waals surface area contributed by atoms with E-state index in [1.54, 1.807) is 12.0 Å². The van der Waals surface area contributed by atoms with Gasteiger partial charge in [0.25, 0.3) is 0 Å². The highest BCUT2D eigenvalue weighted by Gasteiger charge is 2.30. The monoisotopic (exact) mass is 264 g/mol. The van der Waals surface area contributed by atoms with Crippen LogP contribution in [0.1, 0.15) is 16.7 Å². The molecule has 1 heterocycles. The van der Waals surface area contributed by atoms with Crippen molar-refractivity contribution in [1.82, 2.24) is 4.90 Å². The number of methoxy groups -OCH3 is 1. The lowest BCUT2D eigenvalue weighted by molar-refractivity contribution is 0.134. The fourth-order valence-electron chi connectivity index (χ4n) is 2.28. The average molecular weight is 264 g/mol. The van der Waals surface area contributed by atoms with Crippen molar-refractivity contribution in [1.29, 1.82) is 0 Å². The van der Waals surface area contributed by atoms with Gasteiger partial charge in [0, 0.05) is 13.1 Å². The zero-order valence-electron chi connectivity index (χ0n) is 11.6. The summed E-state index contributed by atoms with van der Waals surface area (Å²) in [7, 11) is 1.66. The van der Waals surface area contributed by atoms with Crippen LogP contribution in [0.5, 0.6) is 5.75 Å². The molecule has 0 aromatic heterocycles. The average Bonchev–Trinajstić information content (AvgIpc) is 2.76. The number of hydrogen-bond donors (Lipinski definition) is 1. The number of nitrogens with two attached hydrogens (primary N) is 1. The predicted octanol–water partition coefficient (Wildman–Crippen LogP) is 1.59. The molecular formula is C14H20N2O3.